The highest BCUT2D eigenvalue weighted by atomic mass is 127. The van der Waals surface area contributed by atoms with Gasteiger partial charge >= 0.3 is 6.16 Å². The van der Waals surface area contributed by atoms with Gasteiger partial charge in [-0.25, -0.2) is 4.79 Å². The second kappa shape index (κ2) is 7.25. The van der Waals surface area contributed by atoms with Gasteiger partial charge in [0.2, 0.25) is 0 Å². The van der Waals surface area contributed by atoms with Crippen LogP contribution in [0.3, 0.4) is 0 Å². The zero-order valence-electron chi connectivity index (χ0n) is 10.4. The second-order valence-corrected chi connectivity index (χ2v) is 4.60. The molecule has 1 aromatic rings. The number of hydrogen-bond acceptors (Lipinski definition) is 4. The fourth-order valence-electron chi connectivity index (χ4n) is 1.25. The summed E-state index contributed by atoms with van der Waals surface area (Å²) in [6.45, 7) is 5.94. The summed E-state index contributed by atoms with van der Waals surface area (Å²) in [6.07, 6.45) is 1.72. The van der Waals surface area contributed by atoms with E-state index < -0.39 is 6.16 Å². The summed E-state index contributed by atoms with van der Waals surface area (Å²) in [5.41, 5.74) is 0.894. The highest BCUT2D eigenvalue weighted by molar-refractivity contribution is 14.1. The lowest BCUT2D eigenvalue weighted by molar-refractivity contribution is 0.0977. The Kier molecular flexibility index (Phi) is 5.97. The van der Waals surface area contributed by atoms with Crippen LogP contribution in [0.1, 0.15) is 18.9 Å². The Labute approximate surface area is 120 Å². The Balaban J connectivity index is 2.93. The lowest BCUT2D eigenvalue weighted by atomic mass is 10.2. The standard InChI is InChI=1S/C13H15IO4/c1-4-6-17-13(15)18-12-10(14)7-9(5-2)8-11(12)16-3/h5,7-8H,2,4,6H2,1,3H3. The molecule has 4 nitrogen and oxygen atoms in total. The first-order chi connectivity index (χ1) is 8.62. The molecule has 5 heteroatoms. The molecule has 0 aliphatic heterocycles. The van der Waals surface area contributed by atoms with E-state index in [-0.39, 0.29) is 0 Å². The molecule has 0 heterocycles. The van der Waals surface area contributed by atoms with E-state index in [0.29, 0.717) is 18.1 Å². The second-order valence-electron chi connectivity index (χ2n) is 3.44. The summed E-state index contributed by atoms with van der Waals surface area (Å²) in [7, 11) is 1.52. The quantitative estimate of drug-likeness (QED) is 0.453. The van der Waals surface area contributed by atoms with Crippen LogP contribution in [0.25, 0.3) is 6.08 Å². The van der Waals surface area contributed by atoms with Crippen LogP contribution in [0.15, 0.2) is 18.7 Å². The fraction of sp³-hybridized carbons (Fsp3) is 0.308. The SMILES string of the molecule is C=Cc1cc(I)c(OC(=O)OCCC)c(OC)c1. The van der Waals surface area contributed by atoms with E-state index in [9.17, 15) is 4.79 Å². The van der Waals surface area contributed by atoms with Gasteiger partial charge in [-0.3, -0.25) is 0 Å². The average molecular weight is 362 g/mol. The molecular formula is C13H15IO4. The number of halogens is 1. The zero-order chi connectivity index (χ0) is 13.5. The summed E-state index contributed by atoms with van der Waals surface area (Å²) < 4.78 is 16.0. The van der Waals surface area contributed by atoms with Crippen LogP contribution in [-0.4, -0.2) is 19.9 Å². The van der Waals surface area contributed by atoms with E-state index in [1.807, 2.05) is 13.0 Å². The number of ether oxygens (including phenoxy) is 3. The first-order valence-electron chi connectivity index (χ1n) is 5.47. The van der Waals surface area contributed by atoms with Gasteiger partial charge in [0.05, 0.1) is 17.3 Å². The largest absolute Gasteiger partial charge is 0.514 e. The van der Waals surface area contributed by atoms with Gasteiger partial charge in [-0.2, -0.15) is 0 Å². The molecule has 18 heavy (non-hydrogen) atoms. The molecule has 0 radical (unpaired) electrons. The van der Waals surface area contributed by atoms with Gasteiger partial charge in [-0.1, -0.05) is 19.6 Å². The first kappa shape index (κ1) is 14.8. The molecule has 0 unspecified atom stereocenters. The molecule has 0 aromatic heterocycles. The van der Waals surface area contributed by atoms with Crippen LogP contribution in [-0.2, 0) is 4.74 Å². The smallest absolute Gasteiger partial charge is 0.493 e. The predicted molar refractivity (Wildman–Crippen MR) is 78.1 cm³/mol. The monoisotopic (exact) mass is 362 g/mol. The minimum atomic E-state index is -0.723. The maximum absolute atomic E-state index is 11.4. The number of benzene rings is 1. The van der Waals surface area contributed by atoms with E-state index in [0.717, 1.165) is 15.6 Å². The van der Waals surface area contributed by atoms with E-state index >= 15 is 0 Å². The molecule has 0 bridgehead atoms. The number of rotatable bonds is 5. The lowest BCUT2D eigenvalue weighted by Gasteiger charge is -2.12. The first-order valence-corrected chi connectivity index (χ1v) is 6.54. The third-order valence-corrected chi connectivity index (χ3v) is 2.90. The zero-order valence-corrected chi connectivity index (χ0v) is 12.5. The van der Waals surface area contributed by atoms with Crippen molar-refractivity contribution in [2.75, 3.05) is 13.7 Å². The number of hydrogen-bond donors (Lipinski definition) is 0. The van der Waals surface area contributed by atoms with Gasteiger partial charge in [0.15, 0.2) is 11.5 Å². The van der Waals surface area contributed by atoms with E-state index in [1.165, 1.54) is 7.11 Å². The van der Waals surface area contributed by atoms with E-state index in [2.05, 4.69) is 29.2 Å². The number of methoxy groups -OCH3 is 1. The molecule has 0 amide bonds. The maximum Gasteiger partial charge on any atom is 0.514 e. The lowest BCUT2D eigenvalue weighted by Crippen LogP contribution is -2.12. The molecule has 0 saturated carbocycles. The van der Waals surface area contributed by atoms with Crippen LogP contribution in [0.2, 0.25) is 0 Å². The van der Waals surface area contributed by atoms with E-state index in [4.69, 9.17) is 14.2 Å². The number of carbonyl (C=O) groups excluding carboxylic acids is 1. The minimum absolute atomic E-state index is 0.336. The number of carbonyl (C=O) groups is 1. The van der Waals surface area contributed by atoms with Crippen molar-refractivity contribution in [2.24, 2.45) is 0 Å². The molecule has 0 aliphatic carbocycles. The fourth-order valence-corrected chi connectivity index (χ4v) is 1.99. The van der Waals surface area contributed by atoms with Crippen LogP contribution in [0.4, 0.5) is 4.79 Å². The Morgan fingerprint density at radius 2 is 2.22 bits per heavy atom. The molecule has 0 saturated heterocycles. The topological polar surface area (TPSA) is 44.8 Å². The molecule has 1 rings (SSSR count). The van der Waals surface area contributed by atoms with Crippen LogP contribution < -0.4 is 9.47 Å². The molecule has 0 atom stereocenters. The Hall–Kier alpha value is -1.24. The minimum Gasteiger partial charge on any atom is -0.493 e. The van der Waals surface area contributed by atoms with Crippen molar-refractivity contribution in [1.82, 2.24) is 0 Å². The van der Waals surface area contributed by atoms with Crippen LogP contribution in [0.5, 0.6) is 11.5 Å². The van der Waals surface area contributed by atoms with Crippen molar-refractivity contribution in [1.29, 1.82) is 0 Å². The summed E-state index contributed by atoms with van der Waals surface area (Å²) in [5, 5.41) is 0. The molecule has 98 valence electrons. The van der Waals surface area contributed by atoms with Gasteiger partial charge in [-0.05, 0) is 46.7 Å². The summed E-state index contributed by atoms with van der Waals surface area (Å²) in [5.74, 6) is 0.843. The highest BCUT2D eigenvalue weighted by Gasteiger charge is 2.15. The van der Waals surface area contributed by atoms with Gasteiger partial charge in [0.1, 0.15) is 0 Å². The maximum atomic E-state index is 11.4. The van der Waals surface area contributed by atoms with Gasteiger partial charge in [0.25, 0.3) is 0 Å². The van der Waals surface area contributed by atoms with Crippen molar-refractivity contribution in [3.8, 4) is 11.5 Å². The molecule has 0 N–H and O–H groups in total. The van der Waals surface area contributed by atoms with Crippen LogP contribution >= 0.6 is 22.6 Å². The van der Waals surface area contributed by atoms with Gasteiger partial charge in [-0.15, -0.1) is 0 Å². The summed E-state index contributed by atoms with van der Waals surface area (Å²) >= 11 is 2.07. The molecular weight excluding hydrogens is 347 g/mol. The Morgan fingerprint density at radius 3 is 2.78 bits per heavy atom. The molecule has 0 fully saturated rings. The Bertz CT molecular complexity index is 443. The molecule has 0 aliphatic rings. The Morgan fingerprint density at radius 1 is 1.50 bits per heavy atom. The highest BCUT2D eigenvalue weighted by Crippen LogP contribution is 2.34. The third-order valence-electron chi connectivity index (χ3n) is 2.10. The van der Waals surface area contributed by atoms with Crippen molar-refractivity contribution < 1.29 is 19.0 Å². The van der Waals surface area contributed by atoms with Crippen molar-refractivity contribution in [2.45, 2.75) is 13.3 Å². The molecule has 1 aromatic carbocycles. The normalized spacial score (nSPS) is 9.72. The predicted octanol–water partition coefficient (Wildman–Crippen LogP) is 3.87. The van der Waals surface area contributed by atoms with E-state index in [1.54, 1.807) is 12.1 Å². The van der Waals surface area contributed by atoms with Crippen molar-refractivity contribution in [3.63, 3.8) is 0 Å². The van der Waals surface area contributed by atoms with Crippen LogP contribution in [0, 0.1) is 3.57 Å². The van der Waals surface area contributed by atoms with Gasteiger partial charge in [0, 0.05) is 0 Å². The van der Waals surface area contributed by atoms with Crippen molar-refractivity contribution >= 4 is 34.8 Å². The van der Waals surface area contributed by atoms with Crippen molar-refractivity contribution in [3.05, 3.63) is 27.8 Å². The molecule has 0 spiro atoms. The third kappa shape index (κ3) is 3.90. The summed E-state index contributed by atoms with van der Waals surface area (Å²) in [6, 6.07) is 3.59. The summed E-state index contributed by atoms with van der Waals surface area (Å²) in [4.78, 5) is 11.4. The van der Waals surface area contributed by atoms with Gasteiger partial charge < -0.3 is 14.2 Å². The average Bonchev–Trinajstić information content (AvgIpc) is 2.38.